The van der Waals surface area contributed by atoms with Crippen LogP contribution in [0.4, 0.5) is 5.69 Å². The lowest BCUT2D eigenvalue weighted by atomic mass is 10.2. The van der Waals surface area contributed by atoms with Crippen LogP contribution < -0.4 is 23.8 Å². The number of ether oxygens (including phenoxy) is 3. The minimum atomic E-state index is -3.51. The molecule has 1 aliphatic rings. The number of nitrogens with zero attached hydrogens (tertiary/aromatic N) is 1. The van der Waals surface area contributed by atoms with Gasteiger partial charge in [0, 0.05) is 25.6 Å². The fourth-order valence-corrected chi connectivity index (χ4v) is 4.16. The van der Waals surface area contributed by atoms with Crippen LogP contribution in [0.1, 0.15) is 32.3 Å². The van der Waals surface area contributed by atoms with Crippen LogP contribution in [0.15, 0.2) is 42.5 Å². The Bertz CT molecular complexity index is 1020. The van der Waals surface area contributed by atoms with Crippen molar-refractivity contribution in [3.63, 3.8) is 0 Å². The zero-order chi connectivity index (χ0) is 22.4. The normalized spacial score (nSPS) is 12.6. The highest BCUT2D eigenvalue weighted by molar-refractivity contribution is 7.92. The number of anilines is 1. The van der Waals surface area contributed by atoms with E-state index in [1.807, 2.05) is 38.1 Å². The summed E-state index contributed by atoms with van der Waals surface area (Å²) in [4.78, 5) is 12.3. The Labute approximate surface area is 183 Å². The van der Waals surface area contributed by atoms with E-state index in [2.05, 4.69) is 5.32 Å². The van der Waals surface area contributed by atoms with Gasteiger partial charge in [0.15, 0.2) is 11.5 Å². The molecule has 0 saturated heterocycles. The molecular weight excluding hydrogens is 420 g/mol. The Kier molecular flexibility index (Phi) is 7.27. The van der Waals surface area contributed by atoms with Gasteiger partial charge in [-0.1, -0.05) is 12.1 Å². The summed E-state index contributed by atoms with van der Waals surface area (Å²) in [6.45, 7) is 4.59. The first-order valence-corrected chi connectivity index (χ1v) is 12.0. The number of carbonyl (C=O) groups excluding carboxylic acids is 1. The second kappa shape index (κ2) is 9.91. The molecule has 1 N–H and O–H groups in total. The summed E-state index contributed by atoms with van der Waals surface area (Å²) in [7, 11) is -3.51. The fraction of sp³-hybridized carbons (Fsp3) is 0.409. The first-order chi connectivity index (χ1) is 14.7. The van der Waals surface area contributed by atoms with Crippen molar-refractivity contribution in [1.29, 1.82) is 0 Å². The number of benzene rings is 2. The highest BCUT2D eigenvalue weighted by atomic mass is 32.2. The van der Waals surface area contributed by atoms with Gasteiger partial charge in [0.2, 0.25) is 22.7 Å². The van der Waals surface area contributed by atoms with Crippen LogP contribution in [-0.4, -0.2) is 40.0 Å². The zero-order valence-electron chi connectivity index (χ0n) is 18.0. The molecule has 0 aromatic heterocycles. The second-order valence-corrected chi connectivity index (χ2v) is 9.47. The van der Waals surface area contributed by atoms with Gasteiger partial charge in [-0.15, -0.1) is 0 Å². The van der Waals surface area contributed by atoms with Crippen molar-refractivity contribution in [2.24, 2.45) is 0 Å². The molecule has 168 valence electrons. The van der Waals surface area contributed by atoms with Gasteiger partial charge in [-0.2, -0.15) is 0 Å². The molecular formula is C22H28N2O6S. The molecule has 3 rings (SSSR count). The molecule has 0 fully saturated rings. The largest absolute Gasteiger partial charge is 0.491 e. The maximum Gasteiger partial charge on any atom is 0.232 e. The first kappa shape index (κ1) is 22.7. The lowest BCUT2D eigenvalue weighted by molar-refractivity contribution is -0.121. The Hall–Kier alpha value is -2.94. The van der Waals surface area contributed by atoms with Crippen molar-refractivity contribution in [3.05, 3.63) is 48.0 Å². The SMILES string of the molecule is CC(C)Oc1cccc(CNC(=O)CCCN(c2ccc3c(c2)OCO3)S(C)(=O)=O)c1. The molecule has 0 bridgehead atoms. The summed E-state index contributed by atoms with van der Waals surface area (Å²) in [6.07, 6.45) is 1.80. The maximum atomic E-state index is 12.3. The number of fused-ring (bicyclic) bond motifs is 1. The third kappa shape index (κ3) is 6.52. The highest BCUT2D eigenvalue weighted by Gasteiger charge is 2.21. The average molecular weight is 449 g/mol. The second-order valence-electron chi connectivity index (χ2n) is 7.57. The molecule has 0 saturated carbocycles. The van der Waals surface area contributed by atoms with Crippen molar-refractivity contribution in [3.8, 4) is 17.2 Å². The van der Waals surface area contributed by atoms with Crippen molar-refractivity contribution in [2.75, 3.05) is 23.9 Å². The van der Waals surface area contributed by atoms with Crippen LogP contribution in [0.25, 0.3) is 0 Å². The smallest absolute Gasteiger partial charge is 0.232 e. The number of nitrogens with one attached hydrogen (secondary N) is 1. The van der Waals surface area contributed by atoms with Gasteiger partial charge in [-0.3, -0.25) is 9.10 Å². The Morgan fingerprint density at radius 3 is 2.68 bits per heavy atom. The molecule has 2 aromatic carbocycles. The minimum absolute atomic E-state index is 0.0763. The van der Waals surface area contributed by atoms with Crippen LogP contribution >= 0.6 is 0 Å². The number of carbonyl (C=O) groups is 1. The van der Waals surface area contributed by atoms with Crippen LogP contribution in [0.3, 0.4) is 0 Å². The van der Waals surface area contributed by atoms with E-state index in [-0.39, 0.29) is 31.8 Å². The summed E-state index contributed by atoms with van der Waals surface area (Å²) >= 11 is 0. The molecule has 0 atom stereocenters. The van der Waals surface area contributed by atoms with E-state index in [0.29, 0.717) is 30.2 Å². The predicted molar refractivity (Wildman–Crippen MR) is 118 cm³/mol. The number of hydrogen-bond donors (Lipinski definition) is 1. The van der Waals surface area contributed by atoms with Gasteiger partial charge in [0.1, 0.15) is 5.75 Å². The summed E-state index contributed by atoms with van der Waals surface area (Å²) in [5.41, 5.74) is 1.42. The molecule has 9 heteroatoms. The van der Waals surface area contributed by atoms with E-state index in [1.165, 1.54) is 4.31 Å². The van der Waals surface area contributed by atoms with Gasteiger partial charge >= 0.3 is 0 Å². The molecule has 0 aliphatic carbocycles. The molecule has 31 heavy (non-hydrogen) atoms. The Morgan fingerprint density at radius 1 is 1.16 bits per heavy atom. The van der Waals surface area contributed by atoms with Crippen molar-refractivity contribution in [1.82, 2.24) is 5.32 Å². The number of hydrogen-bond acceptors (Lipinski definition) is 6. The Morgan fingerprint density at radius 2 is 1.94 bits per heavy atom. The fourth-order valence-electron chi connectivity index (χ4n) is 3.20. The van der Waals surface area contributed by atoms with Gasteiger partial charge in [-0.05, 0) is 50.1 Å². The number of amides is 1. The summed E-state index contributed by atoms with van der Waals surface area (Å²) in [5, 5.41) is 2.87. The molecule has 0 radical (unpaired) electrons. The zero-order valence-corrected chi connectivity index (χ0v) is 18.8. The quantitative estimate of drug-likeness (QED) is 0.600. The van der Waals surface area contributed by atoms with Crippen LogP contribution in [-0.2, 0) is 21.4 Å². The third-order valence-electron chi connectivity index (χ3n) is 4.57. The van der Waals surface area contributed by atoms with Gasteiger partial charge in [-0.25, -0.2) is 8.42 Å². The predicted octanol–water partition coefficient (Wildman–Crippen LogP) is 3.07. The molecule has 1 amide bonds. The lowest BCUT2D eigenvalue weighted by Gasteiger charge is -2.22. The van der Waals surface area contributed by atoms with Crippen LogP contribution in [0.5, 0.6) is 17.2 Å². The summed E-state index contributed by atoms with van der Waals surface area (Å²) in [5.74, 6) is 1.70. The standard InChI is InChI=1S/C22H28N2O6S/c1-16(2)30-19-7-4-6-17(12-19)14-23-22(25)8-5-11-24(31(3,26)27)18-9-10-20-21(13-18)29-15-28-20/h4,6-7,9-10,12-13,16H,5,8,11,14-15H2,1-3H3,(H,23,25). The molecule has 1 heterocycles. The molecule has 2 aromatic rings. The van der Waals surface area contributed by atoms with E-state index in [0.717, 1.165) is 17.6 Å². The van der Waals surface area contributed by atoms with Crippen molar-refractivity contribution in [2.45, 2.75) is 39.3 Å². The van der Waals surface area contributed by atoms with Gasteiger partial charge in [0.25, 0.3) is 0 Å². The monoisotopic (exact) mass is 448 g/mol. The number of rotatable bonds is 10. The molecule has 1 aliphatic heterocycles. The first-order valence-electron chi connectivity index (χ1n) is 10.1. The molecule has 0 unspecified atom stereocenters. The van der Waals surface area contributed by atoms with Gasteiger partial charge in [0.05, 0.1) is 18.0 Å². The van der Waals surface area contributed by atoms with E-state index in [1.54, 1.807) is 18.2 Å². The van der Waals surface area contributed by atoms with E-state index in [4.69, 9.17) is 14.2 Å². The lowest BCUT2D eigenvalue weighted by Crippen LogP contribution is -2.32. The van der Waals surface area contributed by atoms with Crippen molar-refractivity contribution < 1.29 is 27.4 Å². The molecule has 0 spiro atoms. The third-order valence-corrected chi connectivity index (χ3v) is 5.76. The topological polar surface area (TPSA) is 94.2 Å². The van der Waals surface area contributed by atoms with Crippen molar-refractivity contribution >= 4 is 21.6 Å². The van der Waals surface area contributed by atoms with Crippen LogP contribution in [0.2, 0.25) is 0 Å². The summed E-state index contributed by atoms with van der Waals surface area (Å²) in [6, 6.07) is 12.6. The average Bonchev–Trinajstić information content (AvgIpc) is 3.16. The number of sulfonamides is 1. The van der Waals surface area contributed by atoms with E-state index < -0.39 is 10.0 Å². The van der Waals surface area contributed by atoms with E-state index >= 15 is 0 Å². The Balaban J connectivity index is 1.52. The maximum absolute atomic E-state index is 12.3. The van der Waals surface area contributed by atoms with E-state index in [9.17, 15) is 13.2 Å². The molecule has 8 nitrogen and oxygen atoms in total. The van der Waals surface area contributed by atoms with Gasteiger partial charge < -0.3 is 19.5 Å². The minimum Gasteiger partial charge on any atom is -0.491 e. The highest BCUT2D eigenvalue weighted by Crippen LogP contribution is 2.36. The van der Waals surface area contributed by atoms with Crippen LogP contribution in [0, 0.1) is 0 Å². The summed E-state index contributed by atoms with van der Waals surface area (Å²) < 4.78 is 42.1.